The molecule has 6 heteroatoms. The van der Waals surface area contributed by atoms with Crippen molar-refractivity contribution >= 4 is 16.5 Å². The van der Waals surface area contributed by atoms with Crippen molar-refractivity contribution in [1.29, 1.82) is 0 Å². The number of rotatable bonds is 2. The Morgan fingerprint density at radius 2 is 2.27 bits per heavy atom. The van der Waals surface area contributed by atoms with E-state index < -0.39 is 6.10 Å². The van der Waals surface area contributed by atoms with Gasteiger partial charge in [-0.1, -0.05) is 11.3 Å². The number of anilines is 1. The Morgan fingerprint density at radius 3 is 2.87 bits per heavy atom. The lowest BCUT2D eigenvalue weighted by atomic mass is 10.2. The van der Waals surface area contributed by atoms with Crippen LogP contribution in [0.15, 0.2) is 18.5 Å². The fourth-order valence-corrected chi connectivity index (χ4v) is 1.88. The summed E-state index contributed by atoms with van der Waals surface area (Å²) in [5, 5.41) is 10.4. The molecule has 2 rings (SSSR count). The molecule has 15 heavy (non-hydrogen) atoms. The number of aryl methyl sites for hydroxylation is 1. The summed E-state index contributed by atoms with van der Waals surface area (Å²) in [6.45, 7) is 1.78. The molecule has 0 saturated carbocycles. The van der Waals surface area contributed by atoms with Gasteiger partial charge in [-0.25, -0.2) is 15.0 Å². The van der Waals surface area contributed by atoms with Gasteiger partial charge in [-0.05, 0) is 13.0 Å². The van der Waals surface area contributed by atoms with Crippen LogP contribution in [0.2, 0.25) is 0 Å². The Kier molecular flexibility index (Phi) is 2.61. The van der Waals surface area contributed by atoms with Gasteiger partial charge in [0, 0.05) is 12.4 Å². The van der Waals surface area contributed by atoms with Crippen LogP contribution in [-0.2, 0) is 0 Å². The number of aliphatic hydroxyl groups is 1. The van der Waals surface area contributed by atoms with Gasteiger partial charge in [0.15, 0.2) is 5.13 Å². The van der Waals surface area contributed by atoms with Gasteiger partial charge in [-0.15, -0.1) is 0 Å². The summed E-state index contributed by atoms with van der Waals surface area (Å²) in [7, 11) is 0. The maximum absolute atomic E-state index is 9.95. The predicted molar refractivity (Wildman–Crippen MR) is 57.4 cm³/mol. The molecule has 1 unspecified atom stereocenters. The second kappa shape index (κ2) is 3.92. The van der Waals surface area contributed by atoms with Crippen molar-refractivity contribution in [2.24, 2.45) is 0 Å². The van der Waals surface area contributed by atoms with Gasteiger partial charge in [0.25, 0.3) is 0 Å². The van der Waals surface area contributed by atoms with Gasteiger partial charge in [0.05, 0.1) is 10.6 Å². The first kappa shape index (κ1) is 10.0. The van der Waals surface area contributed by atoms with E-state index in [0.29, 0.717) is 21.5 Å². The second-order valence-electron chi connectivity index (χ2n) is 3.03. The van der Waals surface area contributed by atoms with Crippen molar-refractivity contribution in [2.45, 2.75) is 13.0 Å². The Hall–Kier alpha value is -1.53. The third-order valence-corrected chi connectivity index (χ3v) is 2.77. The van der Waals surface area contributed by atoms with Crippen LogP contribution in [0.3, 0.4) is 0 Å². The molecule has 0 radical (unpaired) electrons. The molecule has 5 nitrogen and oxygen atoms in total. The first-order valence-electron chi connectivity index (χ1n) is 4.35. The molecule has 2 aromatic heterocycles. The molecule has 0 aliphatic carbocycles. The number of thiazole rings is 1. The lowest BCUT2D eigenvalue weighted by molar-refractivity contribution is 0.218. The first-order valence-corrected chi connectivity index (χ1v) is 5.17. The molecule has 0 aliphatic heterocycles. The highest BCUT2D eigenvalue weighted by Gasteiger charge is 2.14. The van der Waals surface area contributed by atoms with Crippen molar-refractivity contribution in [2.75, 3.05) is 5.73 Å². The van der Waals surface area contributed by atoms with Gasteiger partial charge in [-0.3, -0.25) is 0 Å². The van der Waals surface area contributed by atoms with Gasteiger partial charge in [0.1, 0.15) is 11.9 Å². The molecular weight excluding hydrogens is 212 g/mol. The van der Waals surface area contributed by atoms with Crippen molar-refractivity contribution in [3.05, 3.63) is 34.9 Å². The van der Waals surface area contributed by atoms with Gasteiger partial charge in [-0.2, -0.15) is 0 Å². The third kappa shape index (κ3) is 2.11. The Labute approximate surface area is 90.7 Å². The van der Waals surface area contributed by atoms with E-state index in [2.05, 4.69) is 15.0 Å². The predicted octanol–water partition coefficient (Wildman–Crippen LogP) is 0.905. The highest BCUT2D eigenvalue weighted by molar-refractivity contribution is 7.15. The van der Waals surface area contributed by atoms with Crippen LogP contribution in [0.5, 0.6) is 0 Å². The Bertz CT molecular complexity index is 471. The molecule has 2 aromatic rings. The van der Waals surface area contributed by atoms with E-state index >= 15 is 0 Å². The zero-order chi connectivity index (χ0) is 10.8. The summed E-state index contributed by atoms with van der Waals surface area (Å²) in [5.74, 6) is 0.629. The minimum Gasteiger partial charge on any atom is -0.381 e. The topological polar surface area (TPSA) is 84.9 Å². The highest BCUT2D eigenvalue weighted by atomic mass is 32.1. The summed E-state index contributed by atoms with van der Waals surface area (Å²) in [6, 6.07) is 1.67. The maximum atomic E-state index is 9.95. The van der Waals surface area contributed by atoms with Crippen molar-refractivity contribution in [3.63, 3.8) is 0 Å². The molecule has 0 spiro atoms. The molecule has 2 heterocycles. The fraction of sp³-hybridized carbons (Fsp3) is 0.222. The van der Waals surface area contributed by atoms with E-state index in [9.17, 15) is 5.11 Å². The second-order valence-corrected chi connectivity index (χ2v) is 4.13. The van der Waals surface area contributed by atoms with Crippen LogP contribution in [0, 0.1) is 6.92 Å². The van der Waals surface area contributed by atoms with E-state index in [4.69, 9.17) is 5.73 Å². The summed E-state index contributed by atoms with van der Waals surface area (Å²) in [5.41, 5.74) is 6.05. The average molecular weight is 222 g/mol. The van der Waals surface area contributed by atoms with E-state index in [1.54, 1.807) is 25.4 Å². The van der Waals surface area contributed by atoms with Crippen molar-refractivity contribution in [1.82, 2.24) is 15.0 Å². The minimum atomic E-state index is -0.776. The smallest absolute Gasteiger partial charge is 0.180 e. The number of aliphatic hydroxyl groups excluding tert-OH is 1. The zero-order valence-electron chi connectivity index (χ0n) is 8.08. The minimum absolute atomic E-state index is 0.440. The lowest BCUT2D eigenvalue weighted by Crippen LogP contribution is -2.02. The quantitative estimate of drug-likeness (QED) is 0.788. The molecule has 1 atom stereocenters. The summed E-state index contributed by atoms with van der Waals surface area (Å²) in [4.78, 5) is 12.7. The molecular formula is C9H10N4OS. The Balaban J connectivity index is 2.32. The molecule has 0 amide bonds. The molecule has 0 aliphatic rings. The highest BCUT2D eigenvalue weighted by Crippen LogP contribution is 2.26. The van der Waals surface area contributed by atoms with Gasteiger partial charge < -0.3 is 10.8 Å². The van der Waals surface area contributed by atoms with Crippen LogP contribution in [0.4, 0.5) is 5.13 Å². The number of hydrogen-bond donors (Lipinski definition) is 2. The molecule has 78 valence electrons. The van der Waals surface area contributed by atoms with Crippen molar-refractivity contribution < 1.29 is 5.11 Å². The summed E-state index contributed by atoms with van der Waals surface area (Å²) < 4.78 is 0. The van der Waals surface area contributed by atoms with E-state index in [1.807, 2.05) is 0 Å². The third-order valence-electron chi connectivity index (χ3n) is 1.89. The standard InChI is InChI=1S/C9H10N4OS/c1-5-11-3-2-6(13-5)8(14)7-4-12-9(10)15-7/h2-4,8,14H,1H3,(H2,10,12). The van der Waals surface area contributed by atoms with Crippen LogP contribution in [0.1, 0.15) is 22.5 Å². The number of aromatic nitrogens is 3. The number of nitrogens with zero attached hydrogens (tertiary/aromatic N) is 3. The molecule has 0 saturated heterocycles. The zero-order valence-corrected chi connectivity index (χ0v) is 8.90. The average Bonchev–Trinajstić information content (AvgIpc) is 2.64. The normalized spacial score (nSPS) is 12.7. The van der Waals surface area contributed by atoms with E-state index in [-0.39, 0.29) is 0 Å². The van der Waals surface area contributed by atoms with E-state index in [1.165, 1.54) is 11.3 Å². The summed E-state index contributed by atoms with van der Waals surface area (Å²) in [6.07, 6.45) is 2.40. The van der Waals surface area contributed by atoms with Crippen molar-refractivity contribution in [3.8, 4) is 0 Å². The number of hydrogen-bond acceptors (Lipinski definition) is 6. The summed E-state index contributed by atoms with van der Waals surface area (Å²) >= 11 is 1.25. The lowest BCUT2D eigenvalue weighted by Gasteiger charge is -2.06. The molecule has 3 N–H and O–H groups in total. The van der Waals surface area contributed by atoms with Crippen LogP contribution in [0.25, 0.3) is 0 Å². The monoisotopic (exact) mass is 222 g/mol. The number of nitrogen functional groups attached to an aromatic ring is 1. The van der Waals surface area contributed by atoms with Gasteiger partial charge >= 0.3 is 0 Å². The maximum Gasteiger partial charge on any atom is 0.180 e. The van der Waals surface area contributed by atoms with Gasteiger partial charge in [0.2, 0.25) is 0 Å². The van der Waals surface area contributed by atoms with Crippen LogP contribution >= 0.6 is 11.3 Å². The Morgan fingerprint density at radius 1 is 1.47 bits per heavy atom. The fourth-order valence-electron chi connectivity index (χ4n) is 1.20. The van der Waals surface area contributed by atoms with E-state index in [0.717, 1.165) is 0 Å². The molecule has 0 bridgehead atoms. The van der Waals surface area contributed by atoms with Crippen LogP contribution in [-0.4, -0.2) is 20.1 Å². The first-order chi connectivity index (χ1) is 7.16. The van der Waals surface area contributed by atoms with Crippen LogP contribution < -0.4 is 5.73 Å². The SMILES string of the molecule is Cc1nccc(C(O)c2cnc(N)s2)n1. The largest absolute Gasteiger partial charge is 0.381 e. The molecule has 0 fully saturated rings. The molecule has 0 aromatic carbocycles. The number of nitrogens with two attached hydrogens (primary N) is 1.